The maximum Gasteiger partial charge on any atom is 0.317 e. The molecule has 0 radical (unpaired) electrons. The predicted molar refractivity (Wildman–Crippen MR) is 128 cm³/mol. The fourth-order valence-corrected chi connectivity index (χ4v) is 3.90. The van der Waals surface area contributed by atoms with Gasteiger partial charge in [-0.3, -0.25) is 9.59 Å². The molecule has 0 fully saturated rings. The Labute approximate surface area is 195 Å². The van der Waals surface area contributed by atoms with Crippen LogP contribution in [0.5, 0.6) is 0 Å². The molecule has 0 bridgehead atoms. The Morgan fingerprint density at radius 3 is 1.03 bits per heavy atom. The van der Waals surface area contributed by atoms with E-state index in [4.69, 9.17) is 9.47 Å². The van der Waals surface area contributed by atoms with E-state index >= 15 is 0 Å². The van der Waals surface area contributed by atoms with Crippen molar-refractivity contribution in [1.29, 1.82) is 0 Å². The Bertz CT molecular complexity index is 344. The van der Waals surface area contributed by atoms with Gasteiger partial charge in [-0.15, -0.1) is 0 Å². The highest BCUT2D eigenvalue weighted by Crippen LogP contribution is 2.10. The highest BCUT2D eigenvalue weighted by atomic mass is 79.9. The van der Waals surface area contributed by atoms with Crippen molar-refractivity contribution in [2.24, 2.45) is 0 Å². The number of alkyl halides is 2. The van der Waals surface area contributed by atoms with Crippen LogP contribution >= 0.6 is 31.9 Å². The molecule has 0 spiro atoms. The summed E-state index contributed by atoms with van der Waals surface area (Å²) in [4.78, 5) is 23.3. The summed E-state index contributed by atoms with van der Waals surface area (Å²) in [6.07, 6.45) is 18.8. The normalized spacial score (nSPS) is 10.8. The largest absolute Gasteiger partial charge is 0.465 e. The van der Waals surface area contributed by atoms with Gasteiger partial charge in [-0.25, -0.2) is 0 Å². The number of carbonyl (C=O) groups is 2. The molecule has 6 heteroatoms. The number of ether oxygens (including phenoxy) is 2. The Hall–Kier alpha value is -0.100. The van der Waals surface area contributed by atoms with Gasteiger partial charge in [0.05, 0.1) is 13.2 Å². The Morgan fingerprint density at radius 2 is 0.724 bits per heavy atom. The molecule has 0 aromatic rings. The van der Waals surface area contributed by atoms with Crippen molar-refractivity contribution >= 4 is 43.8 Å². The zero-order valence-electron chi connectivity index (χ0n) is 18.2. The third kappa shape index (κ3) is 24.0. The standard InChI is InChI=1S/C23H42Br2O4/c24-17-13-9-5-1-3-7-11-15-19-28-22(26)21-23(27)29-20-16-12-8-4-2-6-10-14-18-25/h1-21H2. The summed E-state index contributed by atoms with van der Waals surface area (Å²) in [6.45, 7) is 0.816. The van der Waals surface area contributed by atoms with Crippen LogP contribution in [0.2, 0.25) is 0 Å². The van der Waals surface area contributed by atoms with Gasteiger partial charge in [-0.1, -0.05) is 109 Å². The van der Waals surface area contributed by atoms with Crippen molar-refractivity contribution in [2.75, 3.05) is 23.9 Å². The van der Waals surface area contributed by atoms with Crippen molar-refractivity contribution in [3.63, 3.8) is 0 Å². The molecule has 0 saturated heterocycles. The Morgan fingerprint density at radius 1 is 0.448 bits per heavy atom. The molecule has 0 amide bonds. The van der Waals surface area contributed by atoms with Gasteiger partial charge in [-0.05, 0) is 25.7 Å². The lowest BCUT2D eigenvalue weighted by Crippen LogP contribution is -2.15. The van der Waals surface area contributed by atoms with Crippen LogP contribution < -0.4 is 0 Å². The molecule has 0 atom stereocenters. The molecular formula is C23H42Br2O4. The molecule has 0 rings (SSSR count). The van der Waals surface area contributed by atoms with Crippen LogP contribution in [0.25, 0.3) is 0 Å². The second kappa shape index (κ2) is 24.2. The van der Waals surface area contributed by atoms with Gasteiger partial charge in [0.1, 0.15) is 6.42 Å². The van der Waals surface area contributed by atoms with E-state index in [2.05, 4.69) is 31.9 Å². The molecular weight excluding hydrogens is 500 g/mol. The Kier molecular flexibility index (Phi) is 24.1. The molecule has 0 aliphatic carbocycles. The minimum absolute atomic E-state index is 0.263. The summed E-state index contributed by atoms with van der Waals surface area (Å²) >= 11 is 6.89. The third-order valence-electron chi connectivity index (χ3n) is 4.87. The summed E-state index contributed by atoms with van der Waals surface area (Å²) in [5.74, 6) is -0.929. The van der Waals surface area contributed by atoms with Crippen LogP contribution in [0.3, 0.4) is 0 Å². The van der Waals surface area contributed by atoms with E-state index in [0.29, 0.717) is 13.2 Å². The molecule has 0 aromatic carbocycles. The van der Waals surface area contributed by atoms with E-state index in [1.54, 1.807) is 0 Å². The van der Waals surface area contributed by atoms with Gasteiger partial charge >= 0.3 is 11.9 Å². The van der Waals surface area contributed by atoms with E-state index in [0.717, 1.165) is 36.3 Å². The van der Waals surface area contributed by atoms with E-state index < -0.39 is 11.9 Å². The van der Waals surface area contributed by atoms with Gasteiger partial charge < -0.3 is 9.47 Å². The van der Waals surface area contributed by atoms with Crippen LogP contribution in [0, 0.1) is 0 Å². The molecule has 4 nitrogen and oxygen atoms in total. The SMILES string of the molecule is O=C(CC(=O)OCCCCCCCCCCBr)OCCCCCCCCCCBr. The second-order valence-corrected chi connectivity index (χ2v) is 9.24. The molecule has 0 aliphatic heterocycles. The number of rotatable bonds is 22. The highest BCUT2D eigenvalue weighted by molar-refractivity contribution is 9.09. The molecule has 0 unspecified atom stereocenters. The van der Waals surface area contributed by atoms with Crippen molar-refractivity contribution < 1.29 is 19.1 Å². The zero-order valence-corrected chi connectivity index (χ0v) is 21.4. The van der Waals surface area contributed by atoms with E-state index in [1.165, 1.54) is 77.0 Å². The lowest BCUT2D eigenvalue weighted by atomic mass is 10.1. The zero-order chi connectivity index (χ0) is 21.4. The summed E-state index contributed by atoms with van der Waals surface area (Å²) in [5, 5.41) is 2.20. The van der Waals surface area contributed by atoms with Gasteiger partial charge in [0.25, 0.3) is 0 Å². The molecule has 0 aliphatic rings. The summed E-state index contributed by atoms with van der Waals surface area (Å²) < 4.78 is 10.2. The van der Waals surface area contributed by atoms with Crippen molar-refractivity contribution in [3.05, 3.63) is 0 Å². The molecule has 0 N–H and O–H groups in total. The molecule has 29 heavy (non-hydrogen) atoms. The number of hydrogen-bond donors (Lipinski definition) is 0. The summed E-state index contributed by atoms with van der Waals surface area (Å²) in [5.41, 5.74) is 0. The highest BCUT2D eigenvalue weighted by Gasteiger charge is 2.11. The monoisotopic (exact) mass is 540 g/mol. The lowest BCUT2D eigenvalue weighted by molar-refractivity contribution is -0.154. The van der Waals surface area contributed by atoms with Crippen LogP contribution in [0.1, 0.15) is 109 Å². The average molecular weight is 542 g/mol. The maximum absolute atomic E-state index is 11.6. The predicted octanol–water partition coefficient (Wildman–Crippen LogP) is 7.49. The number of unbranched alkanes of at least 4 members (excludes halogenated alkanes) is 14. The van der Waals surface area contributed by atoms with Gasteiger partial charge in [0.2, 0.25) is 0 Å². The molecule has 0 aromatic heterocycles. The van der Waals surface area contributed by atoms with E-state index in [-0.39, 0.29) is 6.42 Å². The van der Waals surface area contributed by atoms with Crippen LogP contribution in [-0.4, -0.2) is 35.8 Å². The first-order valence-corrected chi connectivity index (χ1v) is 13.9. The summed E-state index contributed by atoms with van der Waals surface area (Å²) in [7, 11) is 0. The molecule has 0 heterocycles. The first-order valence-electron chi connectivity index (χ1n) is 11.6. The smallest absolute Gasteiger partial charge is 0.317 e. The lowest BCUT2D eigenvalue weighted by Gasteiger charge is -2.06. The first kappa shape index (κ1) is 28.9. The van der Waals surface area contributed by atoms with Gasteiger partial charge in [-0.2, -0.15) is 0 Å². The summed E-state index contributed by atoms with van der Waals surface area (Å²) in [6, 6.07) is 0. The van der Waals surface area contributed by atoms with Crippen LogP contribution in [0.15, 0.2) is 0 Å². The molecule has 172 valence electrons. The fraction of sp³-hybridized carbons (Fsp3) is 0.913. The number of hydrogen-bond acceptors (Lipinski definition) is 4. The minimum Gasteiger partial charge on any atom is -0.465 e. The van der Waals surface area contributed by atoms with Crippen molar-refractivity contribution in [1.82, 2.24) is 0 Å². The second-order valence-electron chi connectivity index (χ2n) is 7.65. The topological polar surface area (TPSA) is 52.6 Å². The van der Waals surface area contributed by atoms with Crippen molar-refractivity contribution in [2.45, 2.75) is 109 Å². The maximum atomic E-state index is 11.6. The minimum atomic E-state index is -0.465. The third-order valence-corrected chi connectivity index (χ3v) is 5.99. The van der Waals surface area contributed by atoms with E-state index in [9.17, 15) is 9.59 Å². The van der Waals surface area contributed by atoms with Gasteiger partial charge in [0.15, 0.2) is 0 Å². The quantitative estimate of drug-likeness (QED) is 0.0616. The van der Waals surface area contributed by atoms with E-state index in [1.807, 2.05) is 0 Å². The van der Waals surface area contributed by atoms with Crippen molar-refractivity contribution in [3.8, 4) is 0 Å². The van der Waals surface area contributed by atoms with Gasteiger partial charge in [0, 0.05) is 10.7 Å². The number of halogens is 2. The van der Waals surface area contributed by atoms with Crippen LogP contribution in [0.4, 0.5) is 0 Å². The first-order chi connectivity index (χ1) is 14.2. The Balaban J connectivity index is 3.32. The average Bonchev–Trinajstić information content (AvgIpc) is 2.70. The molecule has 0 saturated carbocycles. The number of carbonyl (C=O) groups excluding carboxylic acids is 2. The number of esters is 2. The van der Waals surface area contributed by atoms with Crippen LogP contribution in [-0.2, 0) is 19.1 Å². The fourth-order valence-electron chi connectivity index (χ4n) is 3.11.